The first-order chi connectivity index (χ1) is 9.69. The van der Waals surface area contributed by atoms with E-state index in [0.717, 1.165) is 23.8 Å². The third-order valence-corrected chi connectivity index (χ3v) is 3.99. The number of hydrogen-bond donors (Lipinski definition) is 1. The quantitative estimate of drug-likeness (QED) is 0.849. The Morgan fingerprint density at radius 1 is 1.35 bits per heavy atom. The van der Waals surface area contributed by atoms with E-state index in [9.17, 15) is 0 Å². The Labute approximate surface area is 124 Å². The average molecular weight is 290 g/mol. The summed E-state index contributed by atoms with van der Waals surface area (Å²) in [6.07, 6.45) is 2.74. The van der Waals surface area contributed by atoms with Gasteiger partial charge in [-0.15, -0.1) is 11.3 Å². The fourth-order valence-corrected chi connectivity index (χ4v) is 2.77. The van der Waals surface area contributed by atoms with E-state index in [1.165, 1.54) is 5.56 Å². The minimum absolute atomic E-state index is 0.287. The lowest BCUT2D eigenvalue weighted by Crippen LogP contribution is -2.15. The van der Waals surface area contributed by atoms with E-state index in [1.54, 1.807) is 11.3 Å². The van der Waals surface area contributed by atoms with Crippen LogP contribution in [-0.2, 0) is 6.42 Å². The summed E-state index contributed by atoms with van der Waals surface area (Å²) in [5.41, 5.74) is 7.13. The zero-order valence-electron chi connectivity index (χ0n) is 12.1. The largest absolute Gasteiger partial charge is 0.493 e. The number of rotatable bonds is 7. The highest BCUT2D eigenvalue weighted by Crippen LogP contribution is 2.24. The molecule has 0 aliphatic carbocycles. The maximum atomic E-state index is 5.88. The summed E-state index contributed by atoms with van der Waals surface area (Å²) < 4.78 is 5.77. The van der Waals surface area contributed by atoms with Crippen molar-refractivity contribution in [1.29, 1.82) is 0 Å². The van der Waals surface area contributed by atoms with Crippen LogP contribution in [0.25, 0.3) is 0 Å². The van der Waals surface area contributed by atoms with Gasteiger partial charge in [0.2, 0.25) is 0 Å². The molecular formula is C16H22N2OS. The molecule has 108 valence electrons. The summed E-state index contributed by atoms with van der Waals surface area (Å²) in [6, 6.07) is 8.28. The van der Waals surface area contributed by atoms with Crippen molar-refractivity contribution < 1.29 is 4.74 Å². The third kappa shape index (κ3) is 4.32. The van der Waals surface area contributed by atoms with Gasteiger partial charge in [0.1, 0.15) is 5.75 Å². The van der Waals surface area contributed by atoms with E-state index < -0.39 is 0 Å². The highest BCUT2D eigenvalue weighted by molar-refractivity contribution is 7.09. The van der Waals surface area contributed by atoms with E-state index in [4.69, 9.17) is 10.5 Å². The van der Waals surface area contributed by atoms with Crippen molar-refractivity contribution in [3.05, 3.63) is 46.4 Å². The number of thiazole rings is 1. The molecule has 1 atom stereocenters. The molecule has 0 amide bonds. The number of ether oxygens (including phenoxy) is 1. The van der Waals surface area contributed by atoms with Crippen LogP contribution in [-0.4, -0.2) is 18.1 Å². The second-order valence-electron chi connectivity index (χ2n) is 5.36. The summed E-state index contributed by atoms with van der Waals surface area (Å²) >= 11 is 1.67. The molecule has 0 aliphatic heterocycles. The first-order valence-electron chi connectivity index (χ1n) is 7.00. The topological polar surface area (TPSA) is 48.1 Å². The Morgan fingerprint density at radius 2 is 2.20 bits per heavy atom. The van der Waals surface area contributed by atoms with Crippen molar-refractivity contribution in [3.63, 3.8) is 0 Å². The molecule has 3 nitrogen and oxygen atoms in total. The summed E-state index contributed by atoms with van der Waals surface area (Å²) in [4.78, 5) is 4.37. The van der Waals surface area contributed by atoms with Crippen molar-refractivity contribution in [2.75, 3.05) is 13.2 Å². The van der Waals surface area contributed by atoms with E-state index in [1.807, 2.05) is 23.7 Å². The van der Waals surface area contributed by atoms with Crippen LogP contribution in [0, 0.1) is 5.92 Å². The van der Waals surface area contributed by atoms with Gasteiger partial charge in [-0.25, -0.2) is 4.98 Å². The number of nitrogens with zero attached hydrogens (tertiary/aromatic N) is 1. The molecule has 1 aromatic heterocycles. The van der Waals surface area contributed by atoms with Crippen molar-refractivity contribution in [2.24, 2.45) is 11.7 Å². The molecule has 4 heteroatoms. The predicted octanol–water partition coefficient (Wildman–Crippen LogP) is 3.46. The fourth-order valence-electron chi connectivity index (χ4n) is 2.02. The van der Waals surface area contributed by atoms with Crippen molar-refractivity contribution in [1.82, 2.24) is 4.98 Å². The Morgan fingerprint density at radius 3 is 2.85 bits per heavy atom. The number of benzene rings is 1. The van der Waals surface area contributed by atoms with Crippen LogP contribution < -0.4 is 10.5 Å². The Bertz CT molecular complexity index is 511. The molecule has 2 rings (SSSR count). The zero-order valence-corrected chi connectivity index (χ0v) is 12.9. The van der Waals surface area contributed by atoms with Gasteiger partial charge in [0, 0.05) is 24.0 Å². The monoisotopic (exact) mass is 290 g/mol. The van der Waals surface area contributed by atoms with E-state index in [2.05, 4.69) is 31.0 Å². The van der Waals surface area contributed by atoms with Crippen molar-refractivity contribution in [3.8, 4) is 5.75 Å². The molecule has 0 radical (unpaired) electrons. The number of nitrogens with two attached hydrogens (primary N) is 1. The van der Waals surface area contributed by atoms with Gasteiger partial charge < -0.3 is 10.5 Å². The van der Waals surface area contributed by atoms with Gasteiger partial charge in [0.05, 0.1) is 11.6 Å². The van der Waals surface area contributed by atoms with Gasteiger partial charge in [-0.3, -0.25) is 0 Å². The molecule has 2 aromatic rings. The highest BCUT2D eigenvalue weighted by Gasteiger charge is 2.13. The van der Waals surface area contributed by atoms with Gasteiger partial charge >= 0.3 is 0 Å². The maximum Gasteiger partial charge on any atom is 0.119 e. The normalized spacial score (nSPS) is 12.6. The van der Waals surface area contributed by atoms with E-state index in [0.29, 0.717) is 12.5 Å². The smallest absolute Gasteiger partial charge is 0.119 e. The van der Waals surface area contributed by atoms with Crippen LogP contribution in [0.1, 0.15) is 30.3 Å². The molecule has 0 saturated carbocycles. The zero-order chi connectivity index (χ0) is 14.4. The molecule has 1 heterocycles. The molecular weight excluding hydrogens is 268 g/mol. The van der Waals surface area contributed by atoms with E-state index in [-0.39, 0.29) is 5.92 Å². The van der Waals surface area contributed by atoms with Crippen molar-refractivity contribution >= 4 is 11.3 Å². The molecule has 0 bridgehead atoms. The van der Waals surface area contributed by atoms with Crippen LogP contribution in [0.2, 0.25) is 0 Å². The van der Waals surface area contributed by atoms with Gasteiger partial charge in [-0.2, -0.15) is 0 Å². The maximum absolute atomic E-state index is 5.88. The SMILES string of the molecule is CC(C)COc1cccc(CC(CN)c2nccs2)c1. The first kappa shape index (κ1) is 15.0. The van der Waals surface area contributed by atoms with Crippen LogP contribution in [0.15, 0.2) is 35.8 Å². The molecule has 1 unspecified atom stereocenters. The Kier molecular flexibility index (Phi) is 5.56. The summed E-state index contributed by atoms with van der Waals surface area (Å²) in [6.45, 7) is 5.66. The average Bonchev–Trinajstić information content (AvgIpc) is 2.97. The molecule has 1 aromatic carbocycles. The minimum Gasteiger partial charge on any atom is -0.493 e. The van der Waals surface area contributed by atoms with E-state index >= 15 is 0 Å². The Balaban J connectivity index is 2.03. The minimum atomic E-state index is 0.287. The standard InChI is InChI=1S/C16H22N2OS/c1-12(2)11-19-15-5-3-4-13(9-15)8-14(10-17)16-18-6-7-20-16/h3-7,9,12,14H,8,10-11,17H2,1-2H3. The fraction of sp³-hybridized carbons (Fsp3) is 0.438. The number of hydrogen-bond acceptors (Lipinski definition) is 4. The van der Waals surface area contributed by atoms with Gasteiger partial charge in [0.25, 0.3) is 0 Å². The summed E-state index contributed by atoms with van der Waals surface area (Å²) in [5, 5.41) is 3.11. The molecule has 0 saturated heterocycles. The van der Waals surface area contributed by atoms with Gasteiger partial charge in [-0.1, -0.05) is 26.0 Å². The predicted molar refractivity (Wildman–Crippen MR) is 84.4 cm³/mol. The Hall–Kier alpha value is -1.39. The molecule has 0 spiro atoms. The lowest BCUT2D eigenvalue weighted by molar-refractivity contribution is 0.271. The van der Waals surface area contributed by atoms with Crippen molar-refractivity contribution in [2.45, 2.75) is 26.2 Å². The summed E-state index contributed by atoms with van der Waals surface area (Å²) in [5.74, 6) is 1.76. The second kappa shape index (κ2) is 7.41. The summed E-state index contributed by atoms with van der Waals surface area (Å²) in [7, 11) is 0. The lowest BCUT2D eigenvalue weighted by Gasteiger charge is -2.14. The number of aromatic nitrogens is 1. The van der Waals surface area contributed by atoms with Crippen LogP contribution in [0.3, 0.4) is 0 Å². The van der Waals surface area contributed by atoms with Crippen LogP contribution in [0.5, 0.6) is 5.75 Å². The van der Waals surface area contributed by atoms with Gasteiger partial charge in [-0.05, 0) is 30.0 Å². The third-order valence-electron chi connectivity index (χ3n) is 3.05. The molecule has 20 heavy (non-hydrogen) atoms. The van der Waals surface area contributed by atoms with Crippen LogP contribution >= 0.6 is 11.3 Å². The first-order valence-corrected chi connectivity index (χ1v) is 7.88. The molecule has 2 N–H and O–H groups in total. The second-order valence-corrected chi connectivity index (χ2v) is 6.29. The lowest BCUT2D eigenvalue weighted by atomic mass is 10.00. The molecule has 0 fully saturated rings. The highest BCUT2D eigenvalue weighted by atomic mass is 32.1. The van der Waals surface area contributed by atoms with Gasteiger partial charge in [0.15, 0.2) is 0 Å². The molecule has 0 aliphatic rings. The van der Waals surface area contributed by atoms with Crippen LogP contribution in [0.4, 0.5) is 0 Å².